The van der Waals surface area contributed by atoms with Crippen molar-refractivity contribution in [3.63, 3.8) is 0 Å². The van der Waals surface area contributed by atoms with Gasteiger partial charge in [-0.1, -0.05) is 6.92 Å². The number of nitrogens with zero attached hydrogens (tertiary/aromatic N) is 2. The van der Waals surface area contributed by atoms with Crippen LogP contribution in [-0.2, 0) is 7.05 Å². The number of aryl methyl sites for hydroxylation is 1. The molecule has 6 heteroatoms. The van der Waals surface area contributed by atoms with Crippen molar-refractivity contribution >= 4 is 27.3 Å². The molecule has 1 N–H and O–H groups in total. The highest BCUT2D eigenvalue weighted by Gasteiger charge is 2.20. The van der Waals surface area contributed by atoms with Crippen molar-refractivity contribution in [1.29, 1.82) is 0 Å². The van der Waals surface area contributed by atoms with Gasteiger partial charge in [0.15, 0.2) is 0 Å². The molecule has 0 spiro atoms. The van der Waals surface area contributed by atoms with Crippen molar-refractivity contribution in [2.45, 2.75) is 13.0 Å². The Morgan fingerprint density at radius 3 is 2.83 bits per heavy atom. The number of hydrogen-bond acceptors (Lipinski definition) is 4. The number of nitrogens with one attached hydrogen (secondary N) is 1. The molecule has 98 valence electrons. The molecule has 2 aromatic rings. The maximum atomic E-state index is 5.27. The minimum atomic E-state index is 0.0886. The Hall–Kier alpha value is -0.850. The number of rotatable bonds is 5. The molecule has 0 saturated carbocycles. The molecular formula is C12H16BrN3OS. The normalized spacial score (nSPS) is 12.7. The number of hydrogen-bond donors (Lipinski definition) is 1. The molecule has 0 fully saturated rings. The Balaban J connectivity index is 2.38. The van der Waals surface area contributed by atoms with E-state index in [1.54, 1.807) is 23.1 Å². The van der Waals surface area contributed by atoms with Crippen LogP contribution in [0.5, 0.6) is 5.88 Å². The molecule has 0 bridgehead atoms. The van der Waals surface area contributed by atoms with Gasteiger partial charge in [-0.25, -0.2) is 4.68 Å². The zero-order valence-corrected chi connectivity index (χ0v) is 13.0. The number of thiophene rings is 1. The lowest BCUT2D eigenvalue weighted by Crippen LogP contribution is -2.22. The van der Waals surface area contributed by atoms with Gasteiger partial charge in [-0.2, -0.15) is 16.4 Å². The number of methoxy groups -OCH3 is 1. The first kappa shape index (κ1) is 13.6. The van der Waals surface area contributed by atoms with Crippen LogP contribution in [0.25, 0.3) is 0 Å². The summed E-state index contributed by atoms with van der Waals surface area (Å²) in [5, 5.41) is 12.2. The second-order valence-electron chi connectivity index (χ2n) is 3.90. The van der Waals surface area contributed by atoms with E-state index >= 15 is 0 Å². The first-order valence-electron chi connectivity index (χ1n) is 5.70. The first-order chi connectivity index (χ1) is 8.67. The number of halogens is 1. The minimum absolute atomic E-state index is 0.0886. The zero-order valence-electron chi connectivity index (χ0n) is 10.6. The maximum absolute atomic E-state index is 5.27. The van der Waals surface area contributed by atoms with Gasteiger partial charge in [0.2, 0.25) is 5.88 Å². The average molecular weight is 330 g/mol. The van der Waals surface area contributed by atoms with E-state index in [9.17, 15) is 0 Å². The SMILES string of the molecule is CCNC(c1cc(OC)n(C)n1)c1cscc1Br. The minimum Gasteiger partial charge on any atom is -0.481 e. The fraction of sp³-hybridized carbons (Fsp3) is 0.417. The molecule has 1 atom stereocenters. The lowest BCUT2D eigenvalue weighted by atomic mass is 10.1. The second-order valence-corrected chi connectivity index (χ2v) is 5.50. The molecule has 0 saturated heterocycles. The monoisotopic (exact) mass is 329 g/mol. The van der Waals surface area contributed by atoms with Crippen LogP contribution in [0.15, 0.2) is 21.3 Å². The third-order valence-electron chi connectivity index (χ3n) is 2.72. The molecule has 0 aliphatic heterocycles. The largest absolute Gasteiger partial charge is 0.481 e. The predicted molar refractivity (Wildman–Crippen MR) is 77.3 cm³/mol. The summed E-state index contributed by atoms with van der Waals surface area (Å²) in [5.41, 5.74) is 2.18. The predicted octanol–water partition coefficient (Wildman–Crippen LogP) is 2.95. The Kier molecular flexibility index (Phi) is 4.42. The van der Waals surface area contributed by atoms with E-state index in [1.165, 1.54) is 5.56 Å². The molecule has 4 nitrogen and oxygen atoms in total. The molecule has 18 heavy (non-hydrogen) atoms. The molecule has 0 radical (unpaired) electrons. The maximum Gasteiger partial charge on any atom is 0.211 e. The highest BCUT2D eigenvalue weighted by atomic mass is 79.9. The van der Waals surface area contributed by atoms with Gasteiger partial charge in [0.05, 0.1) is 18.8 Å². The van der Waals surface area contributed by atoms with Gasteiger partial charge in [-0.05, 0) is 27.9 Å². The summed E-state index contributed by atoms with van der Waals surface area (Å²) in [5.74, 6) is 0.763. The molecule has 0 amide bonds. The van der Waals surface area contributed by atoms with Crippen molar-refractivity contribution in [2.75, 3.05) is 13.7 Å². The molecule has 2 aromatic heterocycles. The number of aromatic nitrogens is 2. The molecule has 2 rings (SSSR count). The van der Waals surface area contributed by atoms with Gasteiger partial charge in [-0.3, -0.25) is 0 Å². The van der Waals surface area contributed by atoms with Crippen LogP contribution >= 0.6 is 27.3 Å². The van der Waals surface area contributed by atoms with Crippen molar-refractivity contribution in [2.24, 2.45) is 7.05 Å². The Labute approximate surface area is 119 Å². The van der Waals surface area contributed by atoms with Crippen molar-refractivity contribution in [3.05, 3.63) is 32.6 Å². The Morgan fingerprint density at radius 2 is 2.33 bits per heavy atom. The average Bonchev–Trinajstić information content (AvgIpc) is 2.92. The summed E-state index contributed by atoms with van der Waals surface area (Å²) in [6, 6.07) is 2.06. The highest BCUT2D eigenvalue weighted by Crippen LogP contribution is 2.32. The Morgan fingerprint density at radius 1 is 1.56 bits per heavy atom. The summed E-state index contributed by atoms with van der Waals surface area (Å²) in [6.07, 6.45) is 0. The van der Waals surface area contributed by atoms with Crippen LogP contribution < -0.4 is 10.1 Å². The van der Waals surface area contributed by atoms with E-state index in [0.29, 0.717) is 0 Å². The molecular weight excluding hydrogens is 314 g/mol. The van der Waals surface area contributed by atoms with Gasteiger partial charge in [-0.15, -0.1) is 0 Å². The fourth-order valence-corrected chi connectivity index (χ4v) is 3.43. The van der Waals surface area contributed by atoms with E-state index in [4.69, 9.17) is 4.74 Å². The fourth-order valence-electron chi connectivity index (χ4n) is 1.88. The summed E-state index contributed by atoms with van der Waals surface area (Å²) < 4.78 is 8.13. The van der Waals surface area contributed by atoms with E-state index in [1.807, 2.05) is 13.1 Å². The first-order valence-corrected chi connectivity index (χ1v) is 7.43. The summed E-state index contributed by atoms with van der Waals surface area (Å²) >= 11 is 5.26. The van der Waals surface area contributed by atoms with Gasteiger partial charge in [0.1, 0.15) is 0 Å². The van der Waals surface area contributed by atoms with Crippen LogP contribution in [0, 0.1) is 0 Å². The van der Waals surface area contributed by atoms with Crippen LogP contribution in [0.2, 0.25) is 0 Å². The van der Waals surface area contributed by atoms with Crippen molar-refractivity contribution < 1.29 is 4.74 Å². The van der Waals surface area contributed by atoms with E-state index in [-0.39, 0.29) is 6.04 Å². The molecule has 2 heterocycles. The number of ether oxygens (including phenoxy) is 1. The standard InChI is InChI=1S/C12H16BrN3OS/c1-4-14-12(8-6-18-7-9(8)13)10-5-11(17-3)16(2)15-10/h5-7,12,14H,4H2,1-3H3. The summed E-state index contributed by atoms with van der Waals surface area (Å²) in [4.78, 5) is 0. The molecule has 0 aliphatic rings. The van der Waals surface area contributed by atoms with Crippen molar-refractivity contribution in [3.8, 4) is 5.88 Å². The summed E-state index contributed by atoms with van der Waals surface area (Å²) in [7, 11) is 3.54. The molecule has 0 aliphatic carbocycles. The lowest BCUT2D eigenvalue weighted by Gasteiger charge is -2.15. The van der Waals surface area contributed by atoms with Crippen LogP contribution in [-0.4, -0.2) is 23.4 Å². The smallest absolute Gasteiger partial charge is 0.211 e. The van der Waals surface area contributed by atoms with Crippen LogP contribution in [0.4, 0.5) is 0 Å². The summed E-state index contributed by atoms with van der Waals surface area (Å²) in [6.45, 7) is 2.97. The van der Waals surface area contributed by atoms with Crippen LogP contribution in [0.3, 0.4) is 0 Å². The van der Waals surface area contributed by atoms with Crippen molar-refractivity contribution in [1.82, 2.24) is 15.1 Å². The lowest BCUT2D eigenvalue weighted by molar-refractivity contribution is 0.373. The van der Waals surface area contributed by atoms with Gasteiger partial charge < -0.3 is 10.1 Å². The highest BCUT2D eigenvalue weighted by molar-refractivity contribution is 9.10. The third-order valence-corrected chi connectivity index (χ3v) is 4.47. The van der Waals surface area contributed by atoms with E-state index < -0.39 is 0 Å². The topological polar surface area (TPSA) is 39.1 Å². The molecule has 0 aromatic carbocycles. The van der Waals surface area contributed by atoms with Gasteiger partial charge in [0, 0.05) is 28.5 Å². The third kappa shape index (κ3) is 2.60. The van der Waals surface area contributed by atoms with Gasteiger partial charge >= 0.3 is 0 Å². The second kappa shape index (κ2) is 5.86. The zero-order chi connectivity index (χ0) is 13.1. The van der Waals surface area contributed by atoms with E-state index in [2.05, 4.69) is 44.0 Å². The quantitative estimate of drug-likeness (QED) is 0.916. The Bertz CT molecular complexity index is 523. The van der Waals surface area contributed by atoms with Crippen LogP contribution in [0.1, 0.15) is 24.2 Å². The van der Waals surface area contributed by atoms with Gasteiger partial charge in [0.25, 0.3) is 0 Å². The van der Waals surface area contributed by atoms with E-state index in [0.717, 1.165) is 22.6 Å². The molecule has 1 unspecified atom stereocenters.